The molecule has 5 nitrogen and oxygen atoms in total. The molecule has 1 saturated heterocycles. The average Bonchev–Trinajstić information content (AvgIpc) is 2.97. The van der Waals surface area contributed by atoms with Crippen LogP contribution in [0.5, 0.6) is 0 Å². The first-order chi connectivity index (χ1) is 8.11. The van der Waals surface area contributed by atoms with Gasteiger partial charge < -0.3 is 15.0 Å². The van der Waals surface area contributed by atoms with Crippen LogP contribution < -0.4 is 0 Å². The van der Waals surface area contributed by atoms with Crippen molar-refractivity contribution in [1.29, 1.82) is 0 Å². The molecule has 0 aliphatic carbocycles. The largest absolute Gasteiger partial charge is 0.396 e. The Bertz CT molecular complexity index is 439. The van der Waals surface area contributed by atoms with Crippen LogP contribution in [-0.4, -0.2) is 46.4 Å². The van der Waals surface area contributed by atoms with E-state index in [0.29, 0.717) is 24.3 Å². The first kappa shape index (κ1) is 11.9. The fourth-order valence-electron chi connectivity index (χ4n) is 2.06. The lowest BCUT2D eigenvalue weighted by molar-refractivity contribution is 0.0776. The number of H-pyrrole nitrogens is 1. The molecule has 0 radical (unpaired) electrons. The molecule has 1 aliphatic heterocycles. The van der Waals surface area contributed by atoms with E-state index in [9.17, 15) is 9.59 Å². The number of amides is 1. The maximum Gasteiger partial charge on any atom is 0.270 e. The van der Waals surface area contributed by atoms with E-state index in [1.807, 2.05) is 0 Å². The van der Waals surface area contributed by atoms with Crippen LogP contribution in [0, 0.1) is 5.92 Å². The first-order valence-electron chi connectivity index (χ1n) is 5.71. The van der Waals surface area contributed by atoms with E-state index < -0.39 is 0 Å². The van der Waals surface area contributed by atoms with E-state index in [0.717, 1.165) is 6.42 Å². The molecule has 0 saturated carbocycles. The summed E-state index contributed by atoms with van der Waals surface area (Å²) < 4.78 is 0. The highest BCUT2D eigenvalue weighted by molar-refractivity contribution is 5.99. The number of aliphatic hydroxyl groups is 1. The second-order valence-corrected chi connectivity index (χ2v) is 4.45. The Balaban J connectivity index is 2.07. The number of likely N-dealkylation sites (tertiary alicyclic amines) is 1. The highest BCUT2D eigenvalue weighted by Gasteiger charge is 2.27. The Labute approximate surface area is 99.4 Å². The number of rotatable bonds is 3. The molecule has 0 bridgehead atoms. The number of Topliss-reactive ketones (excluding diaryl/α,β-unsaturated/α-hetero) is 1. The third-order valence-electron chi connectivity index (χ3n) is 3.15. The summed E-state index contributed by atoms with van der Waals surface area (Å²) in [5, 5.41) is 9.02. The highest BCUT2D eigenvalue weighted by atomic mass is 16.3. The van der Waals surface area contributed by atoms with E-state index >= 15 is 0 Å². The van der Waals surface area contributed by atoms with Gasteiger partial charge in [0.05, 0.1) is 0 Å². The van der Waals surface area contributed by atoms with Crippen LogP contribution in [0.25, 0.3) is 0 Å². The molecule has 1 aromatic heterocycles. The van der Waals surface area contributed by atoms with Crippen molar-refractivity contribution in [3.8, 4) is 0 Å². The minimum atomic E-state index is -0.103. The van der Waals surface area contributed by atoms with Crippen LogP contribution in [0.1, 0.15) is 34.2 Å². The average molecular weight is 236 g/mol. The summed E-state index contributed by atoms with van der Waals surface area (Å²) in [4.78, 5) is 27.7. The Kier molecular flexibility index (Phi) is 3.28. The molecular formula is C12H16N2O3. The lowest BCUT2D eigenvalue weighted by atomic mass is 10.1. The smallest absolute Gasteiger partial charge is 0.270 e. The van der Waals surface area contributed by atoms with Crippen LogP contribution in [0.15, 0.2) is 12.3 Å². The quantitative estimate of drug-likeness (QED) is 0.758. The van der Waals surface area contributed by atoms with Crippen LogP contribution >= 0.6 is 0 Å². The summed E-state index contributed by atoms with van der Waals surface area (Å²) in [6.45, 7) is 2.84. The monoisotopic (exact) mass is 236 g/mol. The molecule has 1 aromatic rings. The number of aromatic nitrogens is 1. The zero-order valence-electron chi connectivity index (χ0n) is 9.77. The Morgan fingerprint density at radius 1 is 1.59 bits per heavy atom. The molecule has 1 fully saturated rings. The van der Waals surface area contributed by atoms with Gasteiger partial charge in [-0.25, -0.2) is 0 Å². The molecule has 1 aliphatic rings. The van der Waals surface area contributed by atoms with Crippen molar-refractivity contribution in [3.63, 3.8) is 0 Å². The summed E-state index contributed by atoms with van der Waals surface area (Å²) in [5.41, 5.74) is 0.958. The van der Waals surface area contributed by atoms with Crippen molar-refractivity contribution in [1.82, 2.24) is 9.88 Å². The Morgan fingerprint density at radius 3 is 2.88 bits per heavy atom. The number of aromatic amines is 1. The standard InChI is InChI=1S/C12H16N2O3/c1-8(16)10-4-11(13-5-10)12(17)14-3-2-9(6-14)7-15/h4-5,9,13,15H,2-3,6-7H2,1H3. The number of nitrogens with one attached hydrogen (secondary N) is 1. The molecule has 17 heavy (non-hydrogen) atoms. The van der Waals surface area contributed by atoms with Gasteiger partial charge in [-0.15, -0.1) is 0 Å². The van der Waals surface area contributed by atoms with Crippen molar-refractivity contribution in [2.24, 2.45) is 5.92 Å². The molecule has 0 aromatic carbocycles. The topological polar surface area (TPSA) is 73.4 Å². The normalized spacial score (nSPS) is 19.6. The third kappa shape index (κ3) is 2.39. The van der Waals surface area contributed by atoms with Gasteiger partial charge in [0.25, 0.3) is 5.91 Å². The predicted octanol–water partition coefficient (Wildman–Crippen LogP) is 0.672. The molecule has 0 spiro atoms. The van der Waals surface area contributed by atoms with Crippen LogP contribution in [-0.2, 0) is 0 Å². The molecular weight excluding hydrogens is 220 g/mol. The van der Waals surface area contributed by atoms with Gasteiger partial charge >= 0.3 is 0 Å². The number of hydrogen-bond acceptors (Lipinski definition) is 3. The van der Waals surface area contributed by atoms with Gasteiger partial charge in [0.15, 0.2) is 5.78 Å². The number of carbonyl (C=O) groups is 2. The zero-order chi connectivity index (χ0) is 12.4. The van der Waals surface area contributed by atoms with Crippen molar-refractivity contribution < 1.29 is 14.7 Å². The molecule has 2 N–H and O–H groups in total. The predicted molar refractivity (Wildman–Crippen MR) is 61.9 cm³/mol. The number of hydrogen-bond donors (Lipinski definition) is 2. The van der Waals surface area contributed by atoms with Crippen LogP contribution in [0.4, 0.5) is 0 Å². The lowest BCUT2D eigenvalue weighted by Gasteiger charge is -2.14. The van der Waals surface area contributed by atoms with Gasteiger partial charge in [-0.05, 0) is 19.4 Å². The number of nitrogens with zero attached hydrogens (tertiary/aromatic N) is 1. The zero-order valence-corrected chi connectivity index (χ0v) is 9.77. The van der Waals surface area contributed by atoms with Gasteiger partial charge in [0.1, 0.15) is 5.69 Å². The van der Waals surface area contributed by atoms with Crippen molar-refractivity contribution in [3.05, 3.63) is 23.5 Å². The summed E-state index contributed by atoms with van der Waals surface area (Å²) in [5.74, 6) is 0.0181. The summed E-state index contributed by atoms with van der Waals surface area (Å²) in [6.07, 6.45) is 2.39. The van der Waals surface area contributed by atoms with Gasteiger partial charge in [0.2, 0.25) is 0 Å². The molecule has 2 heterocycles. The molecule has 1 atom stereocenters. The first-order valence-corrected chi connectivity index (χ1v) is 5.71. The summed E-state index contributed by atoms with van der Waals surface area (Å²) in [7, 11) is 0. The Morgan fingerprint density at radius 2 is 2.35 bits per heavy atom. The fraction of sp³-hybridized carbons (Fsp3) is 0.500. The third-order valence-corrected chi connectivity index (χ3v) is 3.15. The SMILES string of the molecule is CC(=O)c1c[nH]c(C(=O)N2CCC(CO)C2)c1. The van der Waals surface area contributed by atoms with Crippen molar-refractivity contribution in [2.45, 2.75) is 13.3 Å². The van der Waals surface area contributed by atoms with Gasteiger partial charge in [-0.3, -0.25) is 9.59 Å². The molecule has 1 amide bonds. The van der Waals surface area contributed by atoms with E-state index in [-0.39, 0.29) is 24.2 Å². The maximum atomic E-state index is 12.0. The van der Waals surface area contributed by atoms with Crippen molar-refractivity contribution in [2.75, 3.05) is 19.7 Å². The van der Waals surface area contributed by atoms with Gasteiger partial charge in [-0.1, -0.05) is 0 Å². The van der Waals surface area contributed by atoms with Crippen molar-refractivity contribution >= 4 is 11.7 Å². The maximum absolute atomic E-state index is 12.0. The molecule has 92 valence electrons. The second kappa shape index (κ2) is 4.71. The molecule has 2 rings (SSSR count). The fourth-order valence-corrected chi connectivity index (χ4v) is 2.06. The van der Waals surface area contributed by atoms with Crippen LogP contribution in [0.2, 0.25) is 0 Å². The summed E-state index contributed by atoms with van der Waals surface area (Å²) in [6, 6.07) is 1.58. The number of carbonyl (C=O) groups excluding carboxylic acids is 2. The lowest BCUT2D eigenvalue weighted by Crippen LogP contribution is -2.29. The number of aliphatic hydroxyl groups excluding tert-OH is 1. The minimum absolute atomic E-state index is 0.0602. The molecule has 1 unspecified atom stereocenters. The second-order valence-electron chi connectivity index (χ2n) is 4.45. The van der Waals surface area contributed by atoms with E-state index in [4.69, 9.17) is 5.11 Å². The molecule has 5 heteroatoms. The van der Waals surface area contributed by atoms with E-state index in [1.54, 1.807) is 17.2 Å². The minimum Gasteiger partial charge on any atom is -0.396 e. The van der Waals surface area contributed by atoms with E-state index in [1.165, 1.54) is 6.92 Å². The van der Waals surface area contributed by atoms with Gasteiger partial charge in [-0.2, -0.15) is 0 Å². The Hall–Kier alpha value is -1.62. The summed E-state index contributed by atoms with van der Waals surface area (Å²) >= 11 is 0. The highest BCUT2D eigenvalue weighted by Crippen LogP contribution is 2.18. The van der Waals surface area contributed by atoms with E-state index in [2.05, 4.69) is 4.98 Å². The van der Waals surface area contributed by atoms with Gasteiger partial charge in [0, 0.05) is 37.4 Å². The van der Waals surface area contributed by atoms with Crippen LogP contribution in [0.3, 0.4) is 0 Å². The number of ketones is 1.